The molecule has 4 nitrogen and oxygen atoms in total. The molecule has 2 fully saturated rings. The van der Waals surface area contributed by atoms with Crippen molar-refractivity contribution in [3.05, 3.63) is 64.7 Å². The molecule has 0 saturated carbocycles. The smallest absolute Gasteiger partial charge is 0.217 e. The number of carbonyl (C=O) groups excluding carboxylic acids is 1. The fourth-order valence-electron chi connectivity index (χ4n) is 5.08. The summed E-state index contributed by atoms with van der Waals surface area (Å²) >= 11 is 1.79. The van der Waals surface area contributed by atoms with Crippen LogP contribution >= 0.6 is 11.3 Å². The summed E-state index contributed by atoms with van der Waals surface area (Å²) in [6.45, 7) is 2.65. The minimum Gasteiger partial charge on any atom is -0.353 e. The summed E-state index contributed by atoms with van der Waals surface area (Å²) in [5.41, 5.74) is 3.80. The van der Waals surface area contributed by atoms with Gasteiger partial charge in [-0.15, -0.1) is 11.3 Å². The average Bonchev–Trinajstić information content (AvgIpc) is 3.20. The standard InChI is InChI=1S/C24H27N3OS/c1-16(28)25-19-13-20-10-11-21(14-19)27(20)15-18-8-6-17(7-9-18)12-24-26-22-4-2-3-5-23(22)29-24/h2-9,19-21H,10-15H2,1H3,(H,25,28)/t19-,20+,21?/m1/s1. The van der Waals surface area contributed by atoms with Gasteiger partial charge >= 0.3 is 0 Å². The molecule has 3 heterocycles. The van der Waals surface area contributed by atoms with Crippen molar-refractivity contribution in [2.75, 3.05) is 0 Å². The molecule has 1 N–H and O–H groups in total. The molecule has 5 rings (SSSR count). The van der Waals surface area contributed by atoms with E-state index in [0.29, 0.717) is 18.1 Å². The molecule has 1 amide bonds. The Balaban J connectivity index is 1.22. The summed E-state index contributed by atoms with van der Waals surface area (Å²) in [5, 5.41) is 4.31. The van der Waals surface area contributed by atoms with E-state index in [1.54, 1.807) is 18.3 Å². The second-order valence-corrected chi connectivity index (χ2v) is 9.61. The van der Waals surface area contributed by atoms with Crippen molar-refractivity contribution in [1.82, 2.24) is 15.2 Å². The molecule has 2 aliphatic rings. The molecule has 2 aromatic carbocycles. The maximum atomic E-state index is 11.4. The van der Waals surface area contributed by atoms with Gasteiger partial charge in [-0.1, -0.05) is 36.4 Å². The molecule has 1 aromatic heterocycles. The molecular weight excluding hydrogens is 378 g/mol. The Morgan fingerprint density at radius 1 is 1.07 bits per heavy atom. The van der Waals surface area contributed by atoms with Crippen LogP contribution in [-0.4, -0.2) is 33.9 Å². The van der Waals surface area contributed by atoms with Gasteiger partial charge in [-0.05, 0) is 48.9 Å². The fraction of sp³-hybridized carbons (Fsp3) is 0.417. The highest BCUT2D eigenvalue weighted by atomic mass is 32.1. The minimum absolute atomic E-state index is 0.103. The number of thiazole rings is 1. The van der Waals surface area contributed by atoms with Crippen LogP contribution < -0.4 is 5.32 Å². The Kier molecular flexibility index (Phi) is 5.10. The maximum Gasteiger partial charge on any atom is 0.217 e. The predicted octanol–water partition coefficient (Wildman–Crippen LogP) is 4.52. The van der Waals surface area contributed by atoms with Crippen molar-refractivity contribution in [3.8, 4) is 0 Å². The number of nitrogens with one attached hydrogen (secondary N) is 1. The van der Waals surface area contributed by atoms with E-state index in [9.17, 15) is 4.79 Å². The van der Waals surface area contributed by atoms with Crippen LogP contribution in [0.25, 0.3) is 10.2 Å². The number of aromatic nitrogens is 1. The van der Waals surface area contributed by atoms with E-state index < -0.39 is 0 Å². The lowest BCUT2D eigenvalue weighted by atomic mass is 9.96. The van der Waals surface area contributed by atoms with Crippen LogP contribution in [0.3, 0.4) is 0 Å². The summed E-state index contributed by atoms with van der Waals surface area (Å²) in [5.74, 6) is 0.103. The SMILES string of the molecule is CC(=O)N[C@H]1CC2CC[C@@H](C1)N2Cc1ccc(Cc2nc3ccccc3s2)cc1. The number of rotatable bonds is 5. The van der Waals surface area contributed by atoms with Gasteiger partial charge in [0.2, 0.25) is 5.91 Å². The van der Waals surface area contributed by atoms with Crippen molar-refractivity contribution in [2.45, 2.75) is 63.7 Å². The number of fused-ring (bicyclic) bond motifs is 3. The Bertz CT molecular complexity index is 965. The summed E-state index contributed by atoms with van der Waals surface area (Å²) in [6.07, 6.45) is 5.59. The van der Waals surface area contributed by atoms with E-state index in [0.717, 1.165) is 31.3 Å². The highest BCUT2D eigenvalue weighted by Crippen LogP contribution is 2.37. The number of hydrogen-bond donors (Lipinski definition) is 1. The second-order valence-electron chi connectivity index (χ2n) is 8.49. The van der Waals surface area contributed by atoms with E-state index in [1.165, 1.54) is 33.7 Å². The zero-order valence-corrected chi connectivity index (χ0v) is 17.6. The van der Waals surface area contributed by atoms with Crippen LogP contribution in [0.15, 0.2) is 48.5 Å². The lowest BCUT2D eigenvalue weighted by Crippen LogP contribution is -2.49. The van der Waals surface area contributed by atoms with Gasteiger partial charge in [0.1, 0.15) is 0 Å². The first kappa shape index (κ1) is 18.8. The van der Waals surface area contributed by atoms with Gasteiger partial charge < -0.3 is 5.32 Å². The maximum absolute atomic E-state index is 11.4. The molecule has 2 saturated heterocycles. The molecule has 3 aromatic rings. The van der Waals surface area contributed by atoms with E-state index in [2.05, 4.69) is 52.7 Å². The van der Waals surface area contributed by atoms with E-state index in [1.807, 2.05) is 6.07 Å². The van der Waals surface area contributed by atoms with Crippen molar-refractivity contribution in [1.29, 1.82) is 0 Å². The number of benzene rings is 2. The van der Waals surface area contributed by atoms with E-state index in [4.69, 9.17) is 4.98 Å². The van der Waals surface area contributed by atoms with Crippen LogP contribution in [0.1, 0.15) is 48.7 Å². The molecule has 2 aliphatic heterocycles. The highest BCUT2D eigenvalue weighted by molar-refractivity contribution is 7.18. The Morgan fingerprint density at radius 2 is 1.76 bits per heavy atom. The van der Waals surface area contributed by atoms with Crippen molar-refractivity contribution < 1.29 is 4.79 Å². The highest BCUT2D eigenvalue weighted by Gasteiger charge is 2.40. The largest absolute Gasteiger partial charge is 0.353 e. The van der Waals surface area contributed by atoms with Gasteiger partial charge in [0.15, 0.2) is 0 Å². The van der Waals surface area contributed by atoms with Gasteiger partial charge in [0, 0.05) is 38.0 Å². The van der Waals surface area contributed by atoms with Gasteiger partial charge in [-0.25, -0.2) is 4.98 Å². The fourth-order valence-corrected chi connectivity index (χ4v) is 6.08. The molecule has 2 bridgehead atoms. The second kappa shape index (κ2) is 7.88. The van der Waals surface area contributed by atoms with Crippen LogP contribution in [0, 0.1) is 0 Å². The number of para-hydroxylation sites is 1. The Hall–Kier alpha value is -2.24. The molecule has 29 heavy (non-hydrogen) atoms. The normalized spacial score (nSPS) is 24.1. The predicted molar refractivity (Wildman–Crippen MR) is 118 cm³/mol. The number of nitrogens with zero attached hydrogens (tertiary/aromatic N) is 2. The van der Waals surface area contributed by atoms with Crippen molar-refractivity contribution in [2.24, 2.45) is 0 Å². The van der Waals surface area contributed by atoms with Crippen LogP contribution in [0.4, 0.5) is 0 Å². The molecule has 150 valence electrons. The van der Waals surface area contributed by atoms with Gasteiger partial charge in [0.25, 0.3) is 0 Å². The number of amides is 1. The van der Waals surface area contributed by atoms with Crippen LogP contribution in [0.2, 0.25) is 0 Å². The van der Waals surface area contributed by atoms with Crippen molar-refractivity contribution in [3.63, 3.8) is 0 Å². The quantitative estimate of drug-likeness (QED) is 0.679. The first-order valence-corrected chi connectivity index (χ1v) is 11.4. The van der Waals surface area contributed by atoms with Crippen molar-refractivity contribution >= 4 is 27.5 Å². The minimum atomic E-state index is 0.103. The Morgan fingerprint density at radius 3 is 2.45 bits per heavy atom. The third-order valence-corrected chi connectivity index (χ3v) is 7.41. The molecule has 0 spiro atoms. The third kappa shape index (κ3) is 4.07. The van der Waals surface area contributed by atoms with Crippen LogP contribution in [0.5, 0.6) is 0 Å². The molecule has 1 unspecified atom stereocenters. The zero-order valence-electron chi connectivity index (χ0n) is 16.8. The van der Waals surface area contributed by atoms with Gasteiger partial charge in [-0.3, -0.25) is 9.69 Å². The average molecular weight is 406 g/mol. The lowest BCUT2D eigenvalue weighted by molar-refractivity contribution is -0.120. The number of piperidine rings is 1. The summed E-state index contributed by atoms with van der Waals surface area (Å²) in [6, 6.07) is 19.0. The topological polar surface area (TPSA) is 45.2 Å². The number of hydrogen-bond acceptors (Lipinski definition) is 4. The molecular formula is C24H27N3OS. The summed E-state index contributed by atoms with van der Waals surface area (Å²) < 4.78 is 1.26. The monoisotopic (exact) mass is 405 g/mol. The Labute approximate surface area is 176 Å². The van der Waals surface area contributed by atoms with Crippen LogP contribution in [-0.2, 0) is 17.8 Å². The zero-order chi connectivity index (χ0) is 19.8. The van der Waals surface area contributed by atoms with Gasteiger partial charge in [-0.2, -0.15) is 0 Å². The third-order valence-electron chi connectivity index (χ3n) is 6.37. The molecule has 3 atom stereocenters. The van der Waals surface area contributed by atoms with E-state index >= 15 is 0 Å². The van der Waals surface area contributed by atoms with Gasteiger partial charge in [0.05, 0.1) is 15.2 Å². The molecule has 0 aliphatic carbocycles. The first-order valence-electron chi connectivity index (χ1n) is 10.6. The van der Waals surface area contributed by atoms with E-state index in [-0.39, 0.29) is 5.91 Å². The molecule has 0 radical (unpaired) electrons. The summed E-state index contributed by atoms with van der Waals surface area (Å²) in [4.78, 5) is 18.8. The number of carbonyl (C=O) groups is 1. The lowest BCUT2D eigenvalue weighted by Gasteiger charge is -2.39. The summed E-state index contributed by atoms with van der Waals surface area (Å²) in [7, 11) is 0. The first-order chi connectivity index (χ1) is 14.1. The molecule has 5 heteroatoms.